The Labute approximate surface area is 162 Å². The third-order valence-corrected chi connectivity index (χ3v) is 4.26. The number of hydrogen-bond acceptors (Lipinski definition) is 1. The molecule has 150 valence electrons. The molecule has 28 heavy (non-hydrogen) atoms. The minimum atomic E-state index is -6.00. The van der Waals surface area contributed by atoms with Crippen LogP contribution in [0.2, 0.25) is 0 Å². The molecule has 0 aliphatic carbocycles. The summed E-state index contributed by atoms with van der Waals surface area (Å²) in [6.07, 6.45) is 8.72. The fourth-order valence-corrected chi connectivity index (χ4v) is 2.71. The number of rotatable bonds is 5. The molecule has 2 heterocycles. The SMILES string of the molecule is CCCC[n+]1ccccc1/C=C/c1nc2cc(C)c(C)cc2[nH]1.F[B-](F)(F)F. The molecule has 0 unspecified atom stereocenters. The highest BCUT2D eigenvalue weighted by molar-refractivity contribution is 6.50. The number of aryl methyl sites for hydroxylation is 3. The number of halogens is 4. The number of hydrogen-bond donors (Lipinski definition) is 1. The predicted molar refractivity (Wildman–Crippen MR) is 106 cm³/mol. The summed E-state index contributed by atoms with van der Waals surface area (Å²) in [5.41, 5.74) is 5.89. The van der Waals surface area contributed by atoms with Crippen molar-refractivity contribution >= 4 is 30.4 Å². The maximum absolute atomic E-state index is 9.75. The monoisotopic (exact) mass is 393 g/mol. The van der Waals surface area contributed by atoms with Crippen LogP contribution in [0.5, 0.6) is 0 Å². The second kappa shape index (κ2) is 9.53. The Morgan fingerprint density at radius 3 is 2.43 bits per heavy atom. The molecule has 0 radical (unpaired) electrons. The lowest BCUT2D eigenvalue weighted by molar-refractivity contribution is -0.699. The highest BCUT2D eigenvalue weighted by atomic mass is 19.5. The van der Waals surface area contributed by atoms with Gasteiger partial charge in [0.05, 0.1) is 11.0 Å². The first-order valence-electron chi connectivity index (χ1n) is 9.18. The number of unbranched alkanes of at least 4 members (excludes halogenated alkanes) is 1. The lowest BCUT2D eigenvalue weighted by Crippen LogP contribution is -2.36. The molecule has 1 aromatic carbocycles. The molecule has 8 heteroatoms. The maximum Gasteiger partial charge on any atom is 0.673 e. The van der Waals surface area contributed by atoms with E-state index in [4.69, 9.17) is 0 Å². The number of aromatic nitrogens is 3. The Bertz CT molecular complexity index is 903. The number of benzene rings is 1. The van der Waals surface area contributed by atoms with Crippen molar-refractivity contribution in [3.63, 3.8) is 0 Å². The summed E-state index contributed by atoms with van der Waals surface area (Å²) in [7, 11) is -6.00. The number of fused-ring (bicyclic) bond motifs is 1. The van der Waals surface area contributed by atoms with Crippen molar-refractivity contribution in [3.05, 3.63) is 59.2 Å². The highest BCUT2D eigenvalue weighted by Crippen LogP contribution is 2.18. The lowest BCUT2D eigenvalue weighted by atomic mass is 10.1. The third kappa shape index (κ3) is 6.83. The summed E-state index contributed by atoms with van der Waals surface area (Å²) >= 11 is 0. The van der Waals surface area contributed by atoms with Crippen molar-refractivity contribution < 1.29 is 21.8 Å². The summed E-state index contributed by atoms with van der Waals surface area (Å²) in [5.74, 6) is 0.899. The number of pyridine rings is 1. The Hall–Kier alpha value is -2.64. The fraction of sp³-hybridized carbons (Fsp3) is 0.300. The van der Waals surface area contributed by atoms with Crippen molar-refractivity contribution in [2.45, 2.75) is 40.2 Å². The molecule has 0 aliphatic rings. The van der Waals surface area contributed by atoms with Gasteiger partial charge in [-0.1, -0.05) is 13.3 Å². The van der Waals surface area contributed by atoms with Crippen LogP contribution >= 0.6 is 0 Å². The van der Waals surface area contributed by atoms with Gasteiger partial charge in [-0.2, -0.15) is 4.57 Å². The molecule has 0 spiro atoms. The number of nitrogens with one attached hydrogen (secondary N) is 1. The molecule has 3 nitrogen and oxygen atoms in total. The molecule has 0 bridgehead atoms. The van der Waals surface area contributed by atoms with Crippen molar-refractivity contribution in [2.75, 3.05) is 0 Å². The van der Waals surface area contributed by atoms with E-state index in [9.17, 15) is 17.3 Å². The molecule has 0 amide bonds. The van der Waals surface area contributed by atoms with Crippen molar-refractivity contribution in [1.29, 1.82) is 0 Å². The van der Waals surface area contributed by atoms with E-state index in [1.807, 2.05) is 0 Å². The summed E-state index contributed by atoms with van der Waals surface area (Å²) in [6.45, 7) is 7.53. The van der Waals surface area contributed by atoms with Gasteiger partial charge in [-0.25, -0.2) is 4.98 Å². The van der Waals surface area contributed by atoms with E-state index in [0.717, 1.165) is 23.4 Å². The highest BCUT2D eigenvalue weighted by Gasteiger charge is 2.20. The average molecular weight is 393 g/mol. The predicted octanol–water partition coefficient (Wildman–Crippen LogP) is 5.74. The van der Waals surface area contributed by atoms with Crippen molar-refractivity contribution in [3.8, 4) is 0 Å². The molecule has 0 aliphatic heterocycles. The van der Waals surface area contributed by atoms with E-state index in [2.05, 4.69) is 84.0 Å². The molecule has 3 aromatic rings. The van der Waals surface area contributed by atoms with Gasteiger partial charge in [0, 0.05) is 24.6 Å². The lowest BCUT2D eigenvalue weighted by Gasteiger charge is -1.98. The number of imidazole rings is 1. The molecule has 3 rings (SSSR count). The van der Waals surface area contributed by atoms with Crippen LogP contribution < -0.4 is 4.57 Å². The van der Waals surface area contributed by atoms with E-state index in [-0.39, 0.29) is 0 Å². The molecule has 0 saturated heterocycles. The quantitative estimate of drug-likeness (QED) is 0.335. The first kappa shape index (κ1) is 21.7. The van der Waals surface area contributed by atoms with Crippen LogP contribution in [0, 0.1) is 13.8 Å². The minimum Gasteiger partial charge on any atom is -0.418 e. The molecule has 0 saturated carbocycles. The first-order chi connectivity index (χ1) is 13.2. The summed E-state index contributed by atoms with van der Waals surface area (Å²) < 4.78 is 41.3. The van der Waals surface area contributed by atoms with Crippen LogP contribution in [0.15, 0.2) is 36.5 Å². The molecule has 2 aromatic heterocycles. The fourth-order valence-electron chi connectivity index (χ4n) is 2.71. The van der Waals surface area contributed by atoms with Gasteiger partial charge in [0.1, 0.15) is 12.4 Å². The van der Waals surface area contributed by atoms with Crippen molar-refractivity contribution in [1.82, 2.24) is 9.97 Å². The van der Waals surface area contributed by atoms with Crippen molar-refractivity contribution in [2.24, 2.45) is 0 Å². The summed E-state index contributed by atoms with van der Waals surface area (Å²) in [6, 6.07) is 10.6. The Kier molecular flexibility index (Phi) is 7.37. The number of nitrogens with zero attached hydrogens (tertiary/aromatic N) is 2. The molecular weight excluding hydrogens is 369 g/mol. The smallest absolute Gasteiger partial charge is 0.418 e. The molecule has 0 atom stereocenters. The van der Waals surface area contributed by atoms with Gasteiger partial charge in [-0.3, -0.25) is 0 Å². The van der Waals surface area contributed by atoms with Crippen LogP contribution in [-0.4, -0.2) is 17.2 Å². The molecule has 0 fully saturated rings. The van der Waals surface area contributed by atoms with Gasteiger partial charge in [-0.05, 0) is 49.2 Å². The number of H-pyrrole nitrogens is 1. The van der Waals surface area contributed by atoms with Gasteiger partial charge < -0.3 is 22.2 Å². The van der Waals surface area contributed by atoms with Crippen LogP contribution in [-0.2, 0) is 6.54 Å². The maximum atomic E-state index is 9.75. The Morgan fingerprint density at radius 2 is 1.75 bits per heavy atom. The zero-order chi connectivity index (χ0) is 20.7. The van der Waals surface area contributed by atoms with Gasteiger partial charge >= 0.3 is 7.25 Å². The first-order valence-corrected chi connectivity index (χ1v) is 9.18. The van der Waals surface area contributed by atoms with E-state index in [1.54, 1.807) is 0 Å². The largest absolute Gasteiger partial charge is 0.673 e. The van der Waals surface area contributed by atoms with Crippen LogP contribution in [0.3, 0.4) is 0 Å². The second-order valence-corrected chi connectivity index (χ2v) is 6.58. The van der Waals surface area contributed by atoms with E-state index < -0.39 is 7.25 Å². The van der Waals surface area contributed by atoms with Crippen LogP contribution in [0.1, 0.15) is 42.4 Å². The summed E-state index contributed by atoms with van der Waals surface area (Å²) in [4.78, 5) is 8.06. The third-order valence-electron chi connectivity index (χ3n) is 4.26. The van der Waals surface area contributed by atoms with Gasteiger partial charge in [0.2, 0.25) is 5.69 Å². The standard InChI is InChI=1S/C20H23N3.BF4/c1-4-5-11-23-12-7-6-8-17(23)9-10-20-21-18-13-15(2)16(3)14-19(18)22-20;2-1(3,4)5/h6-10,12-14H,4-5,11H2,1-3H3;/q;-1/p+1. The van der Waals surface area contributed by atoms with Gasteiger partial charge in [0.25, 0.3) is 0 Å². The Morgan fingerprint density at radius 1 is 1.07 bits per heavy atom. The topological polar surface area (TPSA) is 32.6 Å². The Balaban J connectivity index is 0.000000500. The van der Waals surface area contributed by atoms with Crippen LogP contribution in [0.4, 0.5) is 17.3 Å². The second-order valence-electron chi connectivity index (χ2n) is 6.58. The molecular formula is C20H24BF4N3. The minimum absolute atomic E-state index is 0.899. The average Bonchev–Trinajstić information content (AvgIpc) is 2.99. The zero-order valence-corrected chi connectivity index (χ0v) is 16.2. The molecule has 1 N–H and O–H groups in total. The normalized spacial score (nSPS) is 11.7. The zero-order valence-electron chi connectivity index (χ0n) is 16.2. The van der Waals surface area contributed by atoms with E-state index >= 15 is 0 Å². The number of aromatic amines is 1. The van der Waals surface area contributed by atoms with Gasteiger partial charge in [-0.15, -0.1) is 0 Å². The van der Waals surface area contributed by atoms with E-state index in [0.29, 0.717) is 0 Å². The van der Waals surface area contributed by atoms with Gasteiger partial charge in [0.15, 0.2) is 6.20 Å². The summed E-state index contributed by atoms with van der Waals surface area (Å²) in [5, 5.41) is 0. The van der Waals surface area contributed by atoms with Crippen LogP contribution in [0.25, 0.3) is 23.2 Å². The van der Waals surface area contributed by atoms with E-state index in [1.165, 1.54) is 29.7 Å².